The van der Waals surface area contributed by atoms with Crippen LogP contribution in [0.4, 0.5) is 4.39 Å². The fourth-order valence-corrected chi connectivity index (χ4v) is 3.29. The Hall–Kier alpha value is -2.53. The van der Waals surface area contributed by atoms with Crippen LogP contribution >= 0.6 is 0 Å². The van der Waals surface area contributed by atoms with Crippen molar-refractivity contribution in [2.75, 3.05) is 6.54 Å². The number of aryl methyl sites for hydroxylation is 1. The monoisotopic (exact) mass is 308 g/mol. The van der Waals surface area contributed by atoms with Gasteiger partial charge in [-0.2, -0.15) is 0 Å². The highest BCUT2D eigenvalue weighted by molar-refractivity contribution is 5.79. The molecule has 23 heavy (non-hydrogen) atoms. The number of hydrogen-bond acceptors (Lipinski definition) is 3. The quantitative estimate of drug-likeness (QED) is 0.808. The Kier molecular flexibility index (Phi) is 3.42. The van der Waals surface area contributed by atoms with Crippen LogP contribution in [0.15, 0.2) is 48.8 Å². The van der Waals surface area contributed by atoms with Crippen LogP contribution in [-0.4, -0.2) is 21.1 Å². The lowest BCUT2D eigenvalue weighted by molar-refractivity contribution is 0.544. The van der Waals surface area contributed by atoms with Crippen molar-refractivity contribution in [3.05, 3.63) is 60.4 Å². The average Bonchev–Trinajstić information content (AvgIpc) is 3.15. The molecule has 0 fully saturated rings. The minimum absolute atomic E-state index is 0.245. The highest BCUT2D eigenvalue weighted by atomic mass is 19.1. The molecule has 4 rings (SSSR count). The van der Waals surface area contributed by atoms with Crippen LogP contribution in [0.2, 0.25) is 0 Å². The van der Waals surface area contributed by atoms with Crippen LogP contribution in [0, 0.1) is 5.82 Å². The molecule has 0 aliphatic carbocycles. The lowest BCUT2D eigenvalue weighted by Gasteiger charge is -2.15. The maximum atomic E-state index is 13.3. The summed E-state index contributed by atoms with van der Waals surface area (Å²) in [4.78, 5) is 8.93. The first-order valence-corrected chi connectivity index (χ1v) is 7.75. The molecule has 1 aliphatic rings. The van der Waals surface area contributed by atoms with Crippen LogP contribution in [0.3, 0.4) is 0 Å². The second-order valence-electron chi connectivity index (χ2n) is 5.77. The van der Waals surface area contributed by atoms with Crippen molar-refractivity contribution in [3.63, 3.8) is 0 Å². The molecule has 3 heterocycles. The van der Waals surface area contributed by atoms with Crippen molar-refractivity contribution < 1.29 is 4.39 Å². The van der Waals surface area contributed by atoms with Crippen molar-refractivity contribution in [1.82, 2.24) is 14.5 Å². The van der Waals surface area contributed by atoms with Crippen LogP contribution in [-0.2, 0) is 6.42 Å². The van der Waals surface area contributed by atoms with Crippen LogP contribution in [0.25, 0.3) is 22.5 Å². The van der Waals surface area contributed by atoms with Crippen LogP contribution in [0.1, 0.15) is 18.3 Å². The predicted molar refractivity (Wildman–Crippen MR) is 87.3 cm³/mol. The van der Waals surface area contributed by atoms with Gasteiger partial charge in [-0.25, -0.2) is 9.37 Å². The molecular formula is C18H17FN4. The molecular weight excluding hydrogens is 291 g/mol. The third-order valence-corrected chi connectivity index (χ3v) is 4.39. The molecule has 4 nitrogen and oxygen atoms in total. The summed E-state index contributed by atoms with van der Waals surface area (Å²) in [5.41, 5.74) is 9.84. The molecule has 116 valence electrons. The first-order valence-electron chi connectivity index (χ1n) is 7.75. The summed E-state index contributed by atoms with van der Waals surface area (Å²) in [7, 11) is 0. The van der Waals surface area contributed by atoms with Crippen molar-refractivity contribution >= 4 is 0 Å². The van der Waals surface area contributed by atoms with Gasteiger partial charge in [-0.1, -0.05) is 0 Å². The molecule has 1 aromatic carbocycles. The molecule has 0 spiro atoms. The fourth-order valence-electron chi connectivity index (χ4n) is 3.29. The summed E-state index contributed by atoms with van der Waals surface area (Å²) in [5, 5.41) is 0. The number of rotatable bonds is 3. The number of fused-ring (bicyclic) bond motifs is 1. The molecule has 1 unspecified atom stereocenters. The normalized spacial score (nSPS) is 16.5. The van der Waals surface area contributed by atoms with E-state index in [2.05, 4.69) is 9.55 Å². The maximum absolute atomic E-state index is 13.3. The van der Waals surface area contributed by atoms with E-state index in [1.165, 1.54) is 12.1 Å². The van der Waals surface area contributed by atoms with Gasteiger partial charge in [0.05, 0.1) is 11.4 Å². The molecule has 0 radical (unpaired) electrons. The lowest BCUT2D eigenvalue weighted by atomic mass is 10.0. The standard InChI is InChI=1S/C18H17FN4/c19-14-3-1-12(2-4-14)17-18(13-7-9-21-10-8-13)23-15(11-20)5-6-16(23)22-17/h1-4,7-10,15H,5-6,11,20H2. The van der Waals surface area contributed by atoms with Crippen molar-refractivity contribution in [3.8, 4) is 22.5 Å². The van der Waals surface area contributed by atoms with Crippen molar-refractivity contribution in [2.45, 2.75) is 18.9 Å². The molecule has 0 amide bonds. The number of nitrogens with two attached hydrogens (primary N) is 1. The third-order valence-electron chi connectivity index (χ3n) is 4.39. The third kappa shape index (κ3) is 2.33. The van der Waals surface area contributed by atoms with Gasteiger partial charge in [0.25, 0.3) is 0 Å². The smallest absolute Gasteiger partial charge is 0.123 e. The highest BCUT2D eigenvalue weighted by Gasteiger charge is 2.29. The van der Waals surface area contributed by atoms with Gasteiger partial charge in [0.1, 0.15) is 11.6 Å². The van der Waals surface area contributed by atoms with E-state index in [9.17, 15) is 4.39 Å². The number of aromatic nitrogens is 3. The zero-order chi connectivity index (χ0) is 15.8. The summed E-state index contributed by atoms with van der Waals surface area (Å²) in [6, 6.07) is 10.7. The second kappa shape index (κ2) is 5.59. The fraction of sp³-hybridized carbons (Fsp3) is 0.222. The number of pyridine rings is 1. The Morgan fingerprint density at radius 3 is 2.52 bits per heavy atom. The highest BCUT2D eigenvalue weighted by Crippen LogP contribution is 2.39. The van der Waals surface area contributed by atoms with Gasteiger partial charge in [-0.3, -0.25) is 4.98 Å². The summed E-state index contributed by atoms with van der Waals surface area (Å²) in [5.74, 6) is 0.803. The number of halogens is 1. The van der Waals surface area contributed by atoms with E-state index in [1.807, 2.05) is 12.1 Å². The Morgan fingerprint density at radius 2 is 1.83 bits per heavy atom. The maximum Gasteiger partial charge on any atom is 0.123 e. The Balaban J connectivity index is 1.95. The number of hydrogen-bond donors (Lipinski definition) is 1. The topological polar surface area (TPSA) is 56.7 Å². The van der Waals surface area contributed by atoms with E-state index in [4.69, 9.17) is 10.7 Å². The van der Waals surface area contributed by atoms with Gasteiger partial charge < -0.3 is 10.3 Å². The van der Waals surface area contributed by atoms with E-state index < -0.39 is 0 Å². The first kappa shape index (κ1) is 14.1. The van der Waals surface area contributed by atoms with Gasteiger partial charge in [-0.05, 0) is 42.8 Å². The van der Waals surface area contributed by atoms with E-state index in [0.29, 0.717) is 6.54 Å². The molecule has 0 bridgehead atoms. The first-order chi connectivity index (χ1) is 11.3. The molecule has 1 atom stereocenters. The van der Waals surface area contributed by atoms with Crippen LogP contribution in [0.5, 0.6) is 0 Å². The SMILES string of the molecule is NCC1CCc2nc(-c3ccc(F)cc3)c(-c3ccncc3)n21. The predicted octanol–water partition coefficient (Wildman–Crippen LogP) is 3.20. The van der Waals surface area contributed by atoms with Gasteiger partial charge >= 0.3 is 0 Å². The molecule has 3 aromatic rings. The minimum atomic E-state index is -0.245. The average molecular weight is 308 g/mol. The van der Waals surface area contributed by atoms with E-state index in [0.717, 1.165) is 41.2 Å². The second-order valence-corrected chi connectivity index (χ2v) is 5.77. The van der Waals surface area contributed by atoms with Gasteiger partial charge in [0.15, 0.2) is 0 Å². The van der Waals surface area contributed by atoms with Gasteiger partial charge in [0, 0.05) is 42.5 Å². The zero-order valence-corrected chi connectivity index (χ0v) is 12.6. The molecule has 0 saturated heterocycles. The number of benzene rings is 1. The Morgan fingerprint density at radius 1 is 1.09 bits per heavy atom. The molecule has 0 saturated carbocycles. The summed E-state index contributed by atoms with van der Waals surface area (Å²) < 4.78 is 15.5. The van der Waals surface area contributed by atoms with Gasteiger partial charge in [-0.15, -0.1) is 0 Å². The molecule has 2 N–H and O–H groups in total. The van der Waals surface area contributed by atoms with E-state index in [1.54, 1.807) is 24.5 Å². The molecule has 2 aromatic heterocycles. The molecule has 1 aliphatic heterocycles. The van der Waals surface area contributed by atoms with E-state index in [-0.39, 0.29) is 11.9 Å². The van der Waals surface area contributed by atoms with E-state index >= 15 is 0 Å². The van der Waals surface area contributed by atoms with Gasteiger partial charge in [0.2, 0.25) is 0 Å². The Labute approximate surface area is 133 Å². The largest absolute Gasteiger partial charge is 0.328 e. The van der Waals surface area contributed by atoms with Crippen LogP contribution < -0.4 is 5.73 Å². The molecule has 5 heteroatoms. The summed E-state index contributed by atoms with van der Waals surface area (Å²) in [6.45, 7) is 0.588. The minimum Gasteiger partial charge on any atom is -0.328 e. The number of imidazole rings is 1. The number of nitrogens with zero attached hydrogens (tertiary/aromatic N) is 3. The van der Waals surface area contributed by atoms with Crippen molar-refractivity contribution in [1.29, 1.82) is 0 Å². The zero-order valence-electron chi connectivity index (χ0n) is 12.6. The lowest BCUT2D eigenvalue weighted by Crippen LogP contribution is -2.16. The Bertz CT molecular complexity index is 824. The summed E-state index contributed by atoms with van der Waals surface area (Å²) >= 11 is 0. The van der Waals surface area contributed by atoms with Crippen molar-refractivity contribution in [2.24, 2.45) is 5.73 Å². The summed E-state index contributed by atoms with van der Waals surface area (Å²) in [6.07, 6.45) is 5.48.